The van der Waals surface area contributed by atoms with Gasteiger partial charge in [0, 0.05) is 6.54 Å². The fourth-order valence-corrected chi connectivity index (χ4v) is 4.46. The van der Waals surface area contributed by atoms with E-state index in [9.17, 15) is 18.0 Å². The van der Waals surface area contributed by atoms with E-state index < -0.39 is 23.7 Å². The molecule has 4 aromatic rings. The van der Waals surface area contributed by atoms with Crippen molar-refractivity contribution < 1.29 is 18.0 Å². The maximum Gasteiger partial charge on any atom is 0.416 e. The number of benzene rings is 2. The van der Waals surface area contributed by atoms with Crippen LogP contribution in [0.2, 0.25) is 0 Å². The van der Waals surface area contributed by atoms with Crippen molar-refractivity contribution in [1.82, 2.24) is 29.9 Å². The Morgan fingerprint density at radius 3 is 2.42 bits per heavy atom. The third-order valence-electron chi connectivity index (χ3n) is 6.38. The van der Waals surface area contributed by atoms with Crippen molar-refractivity contribution in [2.24, 2.45) is 0 Å². The van der Waals surface area contributed by atoms with E-state index in [2.05, 4.69) is 42.5 Å². The zero-order chi connectivity index (χ0) is 25.8. The summed E-state index contributed by atoms with van der Waals surface area (Å²) in [7, 11) is 0. The minimum atomic E-state index is -4.61. The van der Waals surface area contributed by atoms with E-state index in [1.807, 2.05) is 18.2 Å². The third kappa shape index (κ3) is 4.27. The number of halogens is 3. The molecule has 1 N–H and O–H groups in total. The number of aromatic nitrogens is 5. The number of carbonyl (C=O) groups excluding carboxylic acids is 1. The number of imidazole rings is 1. The highest BCUT2D eigenvalue weighted by Crippen LogP contribution is 2.38. The molecular weight excluding hydrogens is 469 g/mol. The topological polar surface area (TPSA) is 79.7 Å². The molecule has 1 atom stereocenters. The maximum atomic E-state index is 13.8. The van der Waals surface area contributed by atoms with Crippen LogP contribution in [-0.4, -0.2) is 42.3 Å². The number of aromatic amines is 1. The minimum absolute atomic E-state index is 0.0520. The molecule has 0 saturated carbocycles. The number of nitrogens with one attached hydrogen (secondary N) is 1. The first-order chi connectivity index (χ1) is 16.9. The van der Waals surface area contributed by atoms with Gasteiger partial charge in [-0.1, -0.05) is 39.0 Å². The highest BCUT2D eigenvalue weighted by atomic mass is 19.4. The lowest BCUT2D eigenvalue weighted by atomic mass is 9.87. The summed E-state index contributed by atoms with van der Waals surface area (Å²) in [6, 6.07) is 8.48. The Morgan fingerprint density at radius 1 is 1.06 bits per heavy atom. The average molecular weight is 495 g/mol. The van der Waals surface area contributed by atoms with Gasteiger partial charge < -0.3 is 9.88 Å². The molecule has 0 bridgehead atoms. The smallest absolute Gasteiger partial charge is 0.340 e. The average Bonchev–Trinajstić information content (AvgIpc) is 3.55. The number of alkyl halides is 3. The number of H-pyrrole nitrogens is 1. The molecule has 7 nitrogen and oxygen atoms in total. The van der Waals surface area contributed by atoms with E-state index in [0.29, 0.717) is 12.2 Å². The lowest BCUT2D eigenvalue weighted by Crippen LogP contribution is -2.32. The van der Waals surface area contributed by atoms with Crippen molar-refractivity contribution in [3.8, 4) is 5.69 Å². The lowest BCUT2D eigenvalue weighted by Gasteiger charge is -2.24. The van der Waals surface area contributed by atoms with Gasteiger partial charge in [-0.05, 0) is 47.7 Å². The highest BCUT2D eigenvalue weighted by Gasteiger charge is 2.38. The third-order valence-corrected chi connectivity index (χ3v) is 6.38. The van der Waals surface area contributed by atoms with Crippen molar-refractivity contribution in [3.63, 3.8) is 0 Å². The van der Waals surface area contributed by atoms with Gasteiger partial charge in [-0.2, -0.15) is 28.2 Å². The van der Waals surface area contributed by atoms with Gasteiger partial charge in [-0.3, -0.25) is 4.79 Å². The molecule has 1 amide bonds. The van der Waals surface area contributed by atoms with Gasteiger partial charge in [0.25, 0.3) is 5.91 Å². The van der Waals surface area contributed by atoms with E-state index in [1.165, 1.54) is 23.4 Å². The molecule has 3 heterocycles. The van der Waals surface area contributed by atoms with Crippen LogP contribution in [0.1, 0.15) is 60.5 Å². The molecule has 0 spiro atoms. The number of carbonyl (C=O) groups is 1. The Hall–Kier alpha value is -3.95. The number of fused-ring (bicyclic) bond motifs is 1. The molecule has 2 aromatic heterocycles. The molecule has 1 unspecified atom stereocenters. The fraction of sp³-hybridized carbons (Fsp3) is 0.308. The van der Waals surface area contributed by atoms with Gasteiger partial charge in [0.15, 0.2) is 0 Å². The fourth-order valence-electron chi connectivity index (χ4n) is 4.46. The molecule has 1 saturated heterocycles. The number of nitrogens with zero attached hydrogens (tertiary/aromatic N) is 5. The van der Waals surface area contributed by atoms with E-state index in [-0.39, 0.29) is 23.2 Å². The van der Waals surface area contributed by atoms with Crippen LogP contribution < -0.4 is 0 Å². The maximum absolute atomic E-state index is 13.8. The molecule has 36 heavy (non-hydrogen) atoms. The number of likely N-dealkylation sites (tertiary alicyclic amines) is 1. The molecule has 2 aromatic carbocycles. The predicted octanol–water partition coefficient (Wildman–Crippen LogP) is 5.60. The Morgan fingerprint density at radius 2 is 1.75 bits per heavy atom. The quantitative estimate of drug-likeness (QED) is 0.376. The van der Waals surface area contributed by atoms with Crippen LogP contribution in [0.3, 0.4) is 0 Å². The Labute approximate surface area is 205 Å². The number of hydrogen-bond donors (Lipinski definition) is 1. The summed E-state index contributed by atoms with van der Waals surface area (Å²) < 4.78 is 40.6. The van der Waals surface area contributed by atoms with Crippen LogP contribution in [0.5, 0.6) is 0 Å². The van der Waals surface area contributed by atoms with Gasteiger partial charge in [0.05, 0.1) is 46.3 Å². The number of hydrogen-bond acceptors (Lipinski definition) is 4. The zero-order valence-electron chi connectivity index (χ0n) is 20.1. The van der Waals surface area contributed by atoms with Gasteiger partial charge in [0.2, 0.25) is 0 Å². The summed E-state index contributed by atoms with van der Waals surface area (Å²) in [4.78, 5) is 24.5. The SMILES string of the molecule is C=C1CC(c2nc3ccc(C(C)(C)C)cc3[nH]2)N(C(=O)c2cc(C(F)(F)F)ccc2-n2nccn2)C1. The number of rotatable bonds is 3. The van der Waals surface area contributed by atoms with Crippen molar-refractivity contribution >= 4 is 16.9 Å². The molecule has 1 aliphatic heterocycles. The van der Waals surface area contributed by atoms with Crippen LogP contribution in [0.15, 0.2) is 60.9 Å². The number of amides is 1. The molecule has 0 aliphatic carbocycles. The van der Waals surface area contributed by atoms with Crippen LogP contribution in [0, 0.1) is 0 Å². The first-order valence-corrected chi connectivity index (χ1v) is 11.5. The molecular formula is C26H25F3N6O. The Kier molecular flexibility index (Phi) is 5.50. The van der Waals surface area contributed by atoms with Crippen molar-refractivity contribution in [1.29, 1.82) is 0 Å². The second-order valence-electron chi connectivity index (χ2n) is 10.1. The summed E-state index contributed by atoms with van der Waals surface area (Å²) >= 11 is 0. The first kappa shape index (κ1) is 23.8. The largest absolute Gasteiger partial charge is 0.416 e. The monoisotopic (exact) mass is 494 g/mol. The summed E-state index contributed by atoms with van der Waals surface area (Å²) in [6.07, 6.45) is -1.37. The summed E-state index contributed by atoms with van der Waals surface area (Å²) in [5.41, 5.74) is 2.55. The zero-order valence-corrected chi connectivity index (χ0v) is 20.1. The first-order valence-electron chi connectivity index (χ1n) is 11.5. The van der Waals surface area contributed by atoms with E-state index >= 15 is 0 Å². The second-order valence-corrected chi connectivity index (χ2v) is 10.1. The molecule has 1 fully saturated rings. The molecule has 0 radical (unpaired) electrons. The summed E-state index contributed by atoms with van der Waals surface area (Å²) in [6.45, 7) is 10.6. The predicted molar refractivity (Wildman–Crippen MR) is 129 cm³/mol. The molecule has 1 aliphatic rings. The molecule has 186 valence electrons. The van der Waals surface area contributed by atoms with E-state index in [1.54, 1.807) is 0 Å². The van der Waals surface area contributed by atoms with E-state index in [0.717, 1.165) is 39.1 Å². The van der Waals surface area contributed by atoms with Gasteiger partial charge in [-0.25, -0.2) is 4.98 Å². The van der Waals surface area contributed by atoms with Crippen molar-refractivity contribution in [2.45, 2.75) is 44.8 Å². The van der Waals surface area contributed by atoms with Crippen LogP contribution >= 0.6 is 0 Å². The standard InChI is InChI=1S/C26H25F3N6O/c1-15-11-22(23-32-19-7-5-16(25(2,3)4)13-20(19)33-23)34(14-15)24(36)18-12-17(26(27,28)29)6-8-21(18)35-30-9-10-31-35/h5-10,12-13,22H,1,11,14H2,2-4H3,(H,32,33). The van der Waals surface area contributed by atoms with Crippen LogP contribution in [0.4, 0.5) is 13.2 Å². The highest BCUT2D eigenvalue weighted by molar-refractivity contribution is 5.98. The minimum Gasteiger partial charge on any atom is -0.340 e. The van der Waals surface area contributed by atoms with Crippen LogP contribution in [0.25, 0.3) is 16.7 Å². The van der Waals surface area contributed by atoms with Gasteiger partial charge in [-0.15, -0.1) is 0 Å². The molecule has 10 heteroatoms. The van der Waals surface area contributed by atoms with Crippen molar-refractivity contribution in [2.75, 3.05) is 6.54 Å². The molecule has 5 rings (SSSR count). The van der Waals surface area contributed by atoms with Crippen molar-refractivity contribution in [3.05, 3.63) is 83.5 Å². The lowest BCUT2D eigenvalue weighted by molar-refractivity contribution is -0.137. The van der Waals surface area contributed by atoms with Crippen LogP contribution in [-0.2, 0) is 11.6 Å². The van der Waals surface area contributed by atoms with Gasteiger partial charge in [0.1, 0.15) is 5.82 Å². The van der Waals surface area contributed by atoms with E-state index in [4.69, 9.17) is 4.98 Å². The van der Waals surface area contributed by atoms with Gasteiger partial charge >= 0.3 is 6.18 Å². The normalized spacial score (nSPS) is 16.8. The summed E-state index contributed by atoms with van der Waals surface area (Å²) in [5, 5.41) is 8.03. The summed E-state index contributed by atoms with van der Waals surface area (Å²) in [5.74, 6) is -0.0123. The Balaban J connectivity index is 1.56. The second kappa shape index (κ2) is 8.32. The Bertz CT molecular complexity index is 1460.